The van der Waals surface area contributed by atoms with E-state index in [2.05, 4.69) is 4.98 Å². The average Bonchev–Trinajstić information content (AvgIpc) is 3.36. The second-order valence-electron chi connectivity index (χ2n) is 7.48. The van der Waals surface area contributed by atoms with Crippen LogP contribution in [0.2, 0.25) is 0 Å². The van der Waals surface area contributed by atoms with E-state index in [9.17, 15) is 14.7 Å². The van der Waals surface area contributed by atoms with Crippen molar-refractivity contribution in [1.29, 1.82) is 0 Å². The number of benzene rings is 1. The van der Waals surface area contributed by atoms with Crippen LogP contribution in [0, 0.1) is 0 Å². The van der Waals surface area contributed by atoms with Gasteiger partial charge in [-0.3, -0.25) is 14.6 Å². The molecule has 31 heavy (non-hydrogen) atoms. The lowest BCUT2D eigenvalue weighted by Gasteiger charge is -2.24. The quantitative estimate of drug-likeness (QED) is 0.368. The fourth-order valence-electron chi connectivity index (χ4n) is 3.65. The number of aliphatic hydroxyl groups is 1. The summed E-state index contributed by atoms with van der Waals surface area (Å²) in [5.41, 5.74) is 1.08. The predicted molar refractivity (Wildman–Crippen MR) is 113 cm³/mol. The number of aliphatic hydroxyl groups excluding tert-OH is 1. The van der Waals surface area contributed by atoms with Crippen molar-refractivity contribution in [3.8, 4) is 5.75 Å². The number of aromatic nitrogens is 1. The van der Waals surface area contributed by atoms with E-state index in [1.807, 2.05) is 13.8 Å². The molecular weight excluding hydrogens is 396 g/mol. The van der Waals surface area contributed by atoms with Gasteiger partial charge >= 0.3 is 0 Å². The molecule has 0 bridgehead atoms. The van der Waals surface area contributed by atoms with Crippen molar-refractivity contribution in [2.24, 2.45) is 0 Å². The molecule has 3 aromatic rings. The largest absolute Gasteiger partial charge is 0.507 e. The molecule has 1 amide bonds. The van der Waals surface area contributed by atoms with Crippen molar-refractivity contribution in [3.63, 3.8) is 0 Å². The molecule has 7 nitrogen and oxygen atoms in total. The van der Waals surface area contributed by atoms with Crippen molar-refractivity contribution in [3.05, 3.63) is 89.6 Å². The van der Waals surface area contributed by atoms with Crippen LogP contribution < -0.4 is 4.74 Å². The number of Topliss-reactive ketones (excluding diaryl/α,β-unsaturated/α-hetero) is 1. The standard InChI is InChI=1S/C24H22N2O5/c1-15(2)31-18-6-3-5-17(13-18)22(27)20-21(16-8-10-25-11-9-16)26(24(29)23(20)28)14-19-7-4-12-30-19/h3-13,15,21,27H,14H2,1-2H3/b22-20-. The van der Waals surface area contributed by atoms with Crippen LogP contribution in [0.1, 0.15) is 36.8 Å². The summed E-state index contributed by atoms with van der Waals surface area (Å²) in [5, 5.41) is 11.1. The van der Waals surface area contributed by atoms with Gasteiger partial charge in [0.05, 0.1) is 30.5 Å². The molecule has 0 saturated carbocycles. The average molecular weight is 418 g/mol. The van der Waals surface area contributed by atoms with Gasteiger partial charge in [-0.25, -0.2) is 0 Å². The minimum atomic E-state index is -0.775. The van der Waals surface area contributed by atoms with Gasteiger partial charge in [0.1, 0.15) is 17.3 Å². The second kappa shape index (κ2) is 8.47. The molecule has 2 aromatic heterocycles. The number of amides is 1. The zero-order valence-corrected chi connectivity index (χ0v) is 17.2. The first-order valence-corrected chi connectivity index (χ1v) is 9.93. The van der Waals surface area contributed by atoms with Crippen LogP contribution in [0.4, 0.5) is 0 Å². The lowest BCUT2D eigenvalue weighted by Crippen LogP contribution is -2.29. The monoisotopic (exact) mass is 418 g/mol. The van der Waals surface area contributed by atoms with Gasteiger partial charge in [-0.1, -0.05) is 12.1 Å². The second-order valence-corrected chi connectivity index (χ2v) is 7.48. The van der Waals surface area contributed by atoms with Gasteiger partial charge in [0, 0.05) is 18.0 Å². The Bertz CT molecular complexity index is 1120. The van der Waals surface area contributed by atoms with Crippen LogP contribution in [-0.2, 0) is 16.1 Å². The first-order valence-electron chi connectivity index (χ1n) is 9.93. The Morgan fingerprint density at radius 2 is 1.94 bits per heavy atom. The third kappa shape index (κ3) is 4.07. The highest BCUT2D eigenvalue weighted by molar-refractivity contribution is 6.46. The van der Waals surface area contributed by atoms with E-state index >= 15 is 0 Å². The number of hydrogen-bond acceptors (Lipinski definition) is 6. The summed E-state index contributed by atoms with van der Waals surface area (Å²) in [5.74, 6) is -0.607. The third-order valence-corrected chi connectivity index (χ3v) is 4.95. The molecule has 1 fully saturated rings. The van der Waals surface area contributed by atoms with Crippen LogP contribution in [0.25, 0.3) is 5.76 Å². The minimum Gasteiger partial charge on any atom is -0.507 e. The molecule has 1 unspecified atom stereocenters. The van der Waals surface area contributed by atoms with Crippen molar-refractivity contribution < 1.29 is 23.8 Å². The summed E-state index contributed by atoms with van der Waals surface area (Å²) in [6.07, 6.45) is 4.63. The lowest BCUT2D eigenvalue weighted by molar-refractivity contribution is -0.140. The molecule has 1 aliphatic rings. The molecule has 1 saturated heterocycles. The number of ether oxygens (including phenoxy) is 1. The van der Waals surface area contributed by atoms with Crippen molar-refractivity contribution in [2.45, 2.75) is 32.5 Å². The fraction of sp³-hybridized carbons (Fsp3) is 0.208. The summed E-state index contributed by atoms with van der Waals surface area (Å²) in [6.45, 7) is 3.89. The van der Waals surface area contributed by atoms with Crippen molar-refractivity contribution >= 4 is 17.4 Å². The molecule has 0 aliphatic carbocycles. The van der Waals surface area contributed by atoms with Gasteiger partial charge in [0.25, 0.3) is 11.7 Å². The van der Waals surface area contributed by atoms with Crippen LogP contribution in [-0.4, -0.2) is 32.8 Å². The van der Waals surface area contributed by atoms with Gasteiger partial charge in [-0.2, -0.15) is 0 Å². The molecule has 1 aromatic carbocycles. The molecule has 1 aliphatic heterocycles. The molecule has 4 rings (SSSR count). The Balaban J connectivity index is 1.82. The summed E-state index contributed by atoms with van der Waals surface area (Å²) >= 11 is 0. The molecule has 3 heterocycles. The van der Waals surface area contributed by atoms with Gasteiger partial charge < -0.3 is 19.2 Å². The highest BCUT2D eigenvalue weighted by Crippen LogP contribution is 2.40. The maximum atomic E-state index is 13.0. The topological polar surface area (TPSA) is 92.9 Å². The molecular formula is C24H22N2O5. The fourth-order valence-corrected chi connectivity index (χ4v) is 3.65. The molecule has 1 N–H and O–H groups in total. The first-order chi connectivity index (χ1) is 15.0. The van der Waals surface area contributed by atoms with Crippen LogP contribution in [0.15, 0.2) is 77.2 Å². The Morgan fingerprint density at radius 1 is 1.16 bits per heavy atom. The number of ketones is 1. The molecule has 0 radical (unpaired) electrons. The summed E-state index contributed by atoms with van der Waals surface area (Å²) in [4.78, 5) is 31.4. The van der Waals surface area contributed by atoms with E-state index in [-0.39, 0.29) is 24.0 Å². The Morgan fingerprint density at radius 3 is 2.61 bits per heavy atom. The number of carbonyl (C=O) groups excluding carboxylic acids is 2. The highest BCUT2D eigenvalue weighted by Gasteiger charge is 2.46. The number of nitrogens with zero attached hydrogens (tertiary/aromatic N) is 2. The number of pyridine rings is 1. The summed E-state index contributed by atoms with van der Waals surface area (Å²) in [6, 6.07) is 12.9. The zero-order valence-electron chi connectivity index (χ0n) is 17.2. The normalized spacial score (nSPS) is 18.0. The van der Waals surface area contributed by atoms with Gasteiger partial charge in [-0.05, 0) is 55.8 Å². The molecule has 0 spiro atoms. The summed E-state index contributed by atoms with van der Waals surface area (Å²) < 4.78 is 11.1. The van der Waals surface area contributed by atoms with E-state index < -0.39 is 17.7 Å². The Labute approximate surface area is 179 Å². The lowest BCUT2D eigenvalue weighted by atomic mass is 9.96. The summed E-state index contributed by atoms with van der Waals surface area (Å²) in [7, 11) is 0. The highest BCUT2D eigenvalue weighted by atomic mass is 16.5. The van der Waals surface area contributed by atoms with Gasteiger partial charge in [0.15, 0.2) is 0 Å². The Kier molecular flexibility index (Phi) is 5.58. The van der Waals surface area contributed by atoms with E-state index in [1.165, 1.54) is 11.2 Å². The van der Waals surface area contributed by atoms with E-state index in [1.54, 1.807) is 60.9 Å². The smallest absolute Gasteiger partial charge is 0.296 e. The van der Waals surface area contributed by atoms with Crippen LogP contribution in [0.5, 0.6) is 5.75 Å². The zero-order chi connectivity index (χ0) is 22.0. The van der Waals surface area contributed by atoms with E-state index in [4.69, 9.17) is 9.15 Å². The molecule has 7 heteroatoms. The van der Waals surface area contributed by atoms with E-state index in [0.717, 1.165) is 0 Å². The number of likely N-dealkylation sites (tertiary alicyclic amines) is 1. The number of hydrogen-bond donors (Lipinski definition) is 1. The predicted octanol–water partition coefficient (Wildman–Crippen LogP) is 4.08. The number of carbonyl (C=O) groups is 2. The SMILES string of the molecule is CC(C)Oc1cccc(/C(O)=C2/C(=O)C(=O)N(Cc3ccco3)C2c2ccncc2)c1. The van der Waals surface area contributed by atoms with E-state index in [0.29, 0.717) is 22.6 Å². The van der Waals surface area contributed by atoms with Crippen molar-refractivity contribution in [1.82, 2.24) is 9.88 Å². The van der Waals surface area contributed by atoms with Crippen molar-refractivity contribution in [2.75, 3.05) is 0 Å². The molecule has 158 valence electrons. The molecule has 1 atom stereocenters. The van der Waals surface area contributed by atoms with Crippen LogP contribution >= 0.6 is 0 Å². The maximum absolute atomic E-state index is 13.0. The maximum Gasteiger partial charge on any atom is 0.296 e. The Hall–Kier alpha value is -3.87. The number of rotatable bonds is 6. The van der Waals surface area contributed by atoms with Crippen LogP contribution in [0.3, 0.4) is 0 Å². The van der Waals surface area contributed by atoms with Gasteiger partial charge in [-0.15, -0.1) is 0 Å². The minimum absolute atomic E-state index is 0.0180. The third-order valence-electron chi connectivity index (χ3n) is 4.95. The first kappa shape index (κ1) is 20.4. The number of furan rings is 1. The van der Waals surface area contributed by atoms with Gasteiger partial charge in [0.2, 0.25) is 0 Å².